The third-order valence-corrected chi connectivity index (χ3v) is 18.9. The molecule has 0 saturated heterocycles. The molecule has 8 nitrogen and oxygen atoms in total. The Bertz CT molecular complexity index is 4580. The molecule has 0 spiro atoms. The van der Waals surface area contributed by atoms with E-state index in [-0.39, 0.29) is 118 Å². The minimum Gasteiger partial charge on any atom is -0.512 e. The first kappa shape index (κ1) is 90.9. The van der Waals surface area contributed by atoms with Gasteiger partial charge in [-0.3, -0.25) is 9.59 Å². The molecule has 589 valence electrons. The van der Waals surface area contributed by atoms with Crippen LogP contribution in [0.15, 0.2) is 218 Å². The minimum absolute atomic E-state index is 0. The summed E-state index contributed by atoms with van der Waals surface area (Å²) >= 11 is 0. The SMILES string of the molecule is CC(C)(C)c1ccc(-c2[c-]ccc(-c3ccccc3)c2)nc1.CCC(C)C(=O)C=C(O)C(C)CC.CCC(CC)C(=O)C=C(O)C(CC)CC.Cc1[c-]c(-c2nccc3cc(CC(C)C)ccc23)cc(C)c1.Cc1[c-]c(-c2nccc3cc(CC(C)C)ccc23)cc(C)c1.[2H]C([2H])([2H])c1ccc(-c2[c-]cccc2)nc1.[Ir].[Ir].[Ir]. The standard InChI is InChI=1S/2C21H22N.C21H20N.C13H24O2.C12H10N.C11H20O2.3Ir/c2*1-14(2)9-17-5-6-20-18(13-17)7-8-22-21(20)19-11-15(3)10-16(4)12-19;1-21(2,3)19-12-13-20(22-15-19)18-11-7-10-17(14-18)16-8-5-4-6-9-16;1-5-10(6-2)12(14)9-13(15)11(7-3)8-4;1-10-7-8-12(13-9-10)11-5-3-2-4-6-11;1-5-8(3)10(12)7-11(13)9(4)6-2;;;/h2*5-8,10-11,13-14H,9H2,1-4H3;4-10,12-15H,1-3H3;9-11,14H,5-8H2,1-4H3;2-5,7-9H,1H3;7-9,12H,5-6H2,1-4H3;;;/q3*-1;;-1;;;;/i;;;;1D3;;;;. The van der Waals surface area contributed by atoms with Gasteiger partial charge in [0.2, 0.25) is 0 Å². The number of aryl methyl sites for hydroxylation is 5. The van der Waals surface area contributed by atoms with Crippen LogP contribution in [0.25, 0.3) is 77.7 Å². The second-order valence-electron chi connectivity index (χ2n) is 30.0. The fourth-order valence-corrected chi connectivity index (χ4v) is 12.3. The van der Waals surface area contributed by atoms with Gasteiger partial charge in [0.25, 0.3) is 0 Å². The molecule has 0 aliphatic carbocycles. The quantitative estimate of drug-likeness (QED) is 0.0414. The number of aliphatic hydroxyl groups excluding tert-OH is 2. The minimum atomic E-state index is -2.09. The maximum atomic E-state index is 11.7. The predicted octanol–water partition coefficient (Wildman–Crippen LogP) is 26.4. The van der Waals surface area contributed by atoms with E-state index in [1.165, 1.54) is 78.8 Å². The number of pyridine rings is 4. The fraction of sp³-hybridized carbons (Fsp3) is 0.354. The van der Waals surface area contributed by atoms with Crippen molar-refractivity contribution in [1.29, 1.82) is 0 Å². The van der Waals surface area contributed by atoms with Crippen molar-refractivity contribution in [3.8, 4) is 56.2 Å². The van der Waals surface area contributed by atoms with E-state index in [2.05, 4.69) is 242 Å². The molecule has 11 rings (SSSR count). The number of rotatable bonds is 21. The number of allylic oxidation sites excluding steroid dienone is 4. The van der Waals surface area contributed by atoms with Gasteiger partial charge in [-0.05, 0) is 160 Å². The molecule has 0 bridgehead atoms. The van der Waals surface area contributed by atoms with E-state index in [0.29, 0.717) is 11.8 Å². The van der Waals surface area contributed by atoms with Gasteiger partial charge in [-0.25, -0.2) is 0 Å². The van der Waals surface area contributed by atoms with E-state index in [1.54, 1.807) is 18.2 Å². The molecule has 2 unspecified atom stereocenters. The number of benzene rings is 7. The summed E-state index contributed by atoms with van der Waals surface area (Å²) in [5.74, 6) is 2.25. The molecule has 0 aliphatic rings. The summed E-state index contributed by atoms with van der Waals surface area (Å²) in [7, 11) is 0. The fourth-order valence-electron chi connectivity index (χ4n) is 12.3. The molecule has 11 heteroatoms. The monoisotopic (exact) mass is 2010 g/mol. The average Bonchev–Trinajstić information content (AvgIpc) is 0.795. The third kappa shape index (κ3) is 31.0. The van der Waals surface area contributed by atoms with Crippen LogP contribution in [0.1, 0.15) is 191 Å². The summed E-state index contributed by atoms with van der Waals surface area (Å²) in [6.45, 7) is 37.8. The number of hydrogen-bond donors (Lipinski definition) is 2. The molecule has 7 aromatic carbocycles. The van der Waals surface area contributed by atoms with Crippen molar-refractivity contribution in [3.05, 3.63) is 287 Å². The first-order chi connectivity index (χ1) is 52.3. The molecule has 0 amide bonds. The number of aliphatic hydroxyl groups is 2. The molecule has 4 heterocycles. The Morgan fingerprint density at radius 3 is 1.38 bits per heavy atom. The van der Waals surface area contributed by atoms with Crippen LogP contribution in [-0.2, 0) is 88.2 Å². The van der Waals surface area contributed by atoms with E-state index in [0.717, 1.165) is 108 Å². The smallest absolute Gasteiger partial charge is 0.162 e. The molecule has 0 saturated carbocycles. The van der Waals surface area contributed by atoms with Gasteiger partial charge < -0.3 is 30.1 Å². The summed E-state index contributed by atoms with van der Waals surface area (Å²) in [5.41, 5.74) is 19.4. The Morgan fingerprint density at radius 2 is 0.945 bits per heavy atom. The molecular weight excluding hydrogens is 1890 g/mol. The van der Waals surface area contributed by atoms with Crippen molar-refractivity contribution >= 4 is 33.1 Å². The largest absolute Gasteiger partial charge is 0.512 e. The van der Waals surface area contributed by atoms with E-state index in [1.807, 2.05) is 104 Å². The van der Waals surface area contributed by atoms with E-state index >= 15 is 0 Å². The number of hydrogen-bond acceptors (Lipinski definition) is 8. The summed E-state index contributed by atoms with van der Waals surface area (Å²) in [6, 6.07) is 71.1. The van der Waals surface area contributed by atoms with Gasteiger partial charge in [0.05, 0.1) is 11.5 Å². The molecular formula is C99H118Ir3N4O4-4. The van der Waals surface area contributed by atoms with Crippen LogP contribution in [0.3, 0.4) is 0 Å². The Balaban J connectivity index is 0.000000353. The van der Waals surface area contributed by atoms with Crippen LogP contribution in [0.5, 0.6) is 0 Å². The molecule has 0 fully saturated rings. The maximum Gasteiger partial charge on any atom is 0.162 e. The van der Waals surface area contributed by atoms with Gasteiger partial charge in [-0.2, -0.15) is 0 Å². The number of fused-ring (bicyclic) bond motifs is 2. The van der Waals surface area contributed by atoms with Gasteiger partial charge in [0, 0.05) is 125 Å². The summed E-state index contributed by atoms with van der Waals surface area (Å²) in [6.07, 6.45) is 17.4. The van der Waals surface area contributed by atoms with Crippen LogP contribution in [0.4, 0.5) is 0 Å². The van der Waals surface area contributed by atoms with Crippen molar-refractivity contribution in [2.24, 2.45) is 35.5 Å². The number of carbonyl (C=O) groups is 2. The van der Waals surface area contributed by atoms with Crippen molar-refractivity contribution in [2.45, 2.75) is 195 Å². The Morgan fingerprint density at radius 1 is 0.455 bits per heavy atom. The third-order valence-electron chi connectivity index (χ3n) is 18.9. The second kappa shape index (κ2) is 48.7. The van der Waals surface area contributed by atoms with Crippen LogP contribution in [0.2, 0.25) is 0 Å². The Labute approximate surface area is 705 Å². The van der Waals surface area contributed by atoms with Crippen LogP contribution in [-0.4, -0.2) is 41.7 Å². The zero-order valence-electron chi connectivity index (χ0n) is 71.3. The zero-order chi connectivity index (χ0) is 80.8. The van der Waals surface area contributed by atoms with Crippen LogP contribution >= 0.6 is 0 Å². The van der Waals surface area contributed by atoms with Crippen molar-refractivity contribution in [3.63, 3.8) is 0 Å². The summed E-state index contributed by atoms with van der Waals surface area (Å²) in [4.78, 5) is 41.1. The molecule has 11 aromatic rings. The van der Waals surface area contributed by atoms with Crippen LogP contribution < -0.4 is 0 Å². The topological polar surface area (TPSA) is 126 Å². The normalized spacial score (nSPS) is 12.2. The maximum absolute atomic E-state index is 11.7. The van der Waals surface area contributed by atoms with Gasteiger partial charge in [-0.15, -0.1) is 141 Å². The summed E-state index contributed by atoms with van der Waals surface area (Å²) < 4.78 is 21.7. The van der Waals surface area contributed by atoms with Crippen LogP contribution in [0, 0.1) is 94.3 Å². The number of carbonyl (C=O) groups excluding carboxylic acids is 2. The number of nitrogens with zero attached hydrogens (tertiary/aromatic N) is 4. The van der Waals surface area contributed by atoms with Gasteiger partial charge >= 0.3 is 0 Å². The average molecular weight is 2010 g/mol. The number of ketones is 2. The van der Waals surface area contributed by atoms with E-state index in [9.17, 15) is 19.8 Å². The Hall–Kier alpha value is -7.97. The first-order valence-electron chi connectivity index (χ1n) is 39.9. The van der Waals surface area contributed by atoms with Crippen molar-refractivity contribution in [2.75, 3.05) is 0 Å². The van der Waals surface area contributed by atoms with E-state index in [4.69, 9.17) is 4.11 Å². The molecule has 2 N–H and O–H groups in total. The zero-order valence-corrected chi connectivity index (χ0v) is 75.4. The Kier molecular flexibility index (Phi) is 40.3. The first-order valence-corrected chi connectivity index (χ1v) is 38.4. The molecule has 0 aliphatic heterocycles. The van der Waals surface area contributed by atoms with Crippen molar-refractivity contribution < 1.29 is 84.2 Å². The van der Waals surface area contributed by atoms with Gasteiger partial charge in [0.1, 0.15) is 0 Å². The van der Waals surface area contributed by atoms with E-state index < -0.39 is 6.85 Å². The summed E-state index contributed by atoms with van der Waals surface area (Å²) in [5, 5.41) is 24.2. The van der Waals surface area contributed by atoms with Gasteiger partial charge in [-0.1, -0.05) is 223 Å². The molecule has 2 atom stereocenters. The van der Waals surface area contributed by atoms with Gasteiger partial charge in [0.15, 0.2) is 11.6 Å². The second-order valence-corrected chi connectivity index (χ2v) is 30.0. The molecule has 110 heavy (non-hydrogen) atoms. The van der Waals surface area contributed by atoms with Crippen molar-refractivity contribution in [1.82, 2.24) is 19.9 Å². The number of aromatic nitrogens is 4. The molecule has 4 aromatic heterocycles. The predicted molar refractivity (Wildman–Crippen MR) is 452 cm³/mol. The molecule has 3 radical (unpaired) electrons.